The number of nitrogens with two attached hydrogens (primary N) is 1. The van der Waals surface area contributed by atoms with Crippen LogP contribution in [0.4, 0.5) is 0 Å². The van der Waals surface area contributed by atoms with Gasteiger partial charge in [-0.1, -0.05) is 24.3 Å². The molecule has 2 aromatic carbocycles. The number of hydrogen-bond donors (Lipinski definition) is 2. The van der Waals surface area contributed by atoms with Crippen molar-refractivity contribution in [2.45, 2.75) is 6.54 Å². The number of benzene rings is 2. The molecule has 0 atom stereocenters. The Morgan fingerprint density at radius 3 is 2.67 bits per heavy atom. The highest BCUT2D eigenvalue weighted by Gasteiger charge is 2.07. The van der Waals surface area contributed by atoms with Crippen molar-refractivity contribution in [1.29, 1.82) is 0 Å². The molecule has 0 saturated carbocycles. The van der Waals surface area contributed by atoms with Crippen LogP contribution in [0.25, 0.3) is 10.8 Å². The zero-order valence-electron chi connectivity index (χ0n) is 8.53. The molecular weight excluding hydrogens is 190 g/mol. The standard InChI is InChI=1S/C12H13NO2/c1-15-11-4-2-3-10-9(11)6-5-8(7-13)12(10)14/h2-6,14H,7,13H2,1H3. The first-order valence-corrected chi connectivity index (χ1v) is 4.75. The maximum absolute atomic E-state index is 9.93. The molecular formula is C12H13NO2. The summed E-state index contributed by atoms with van der Waals surface area (Å²) in [5.41, 5.74) is 6.27. The fourth-order valence-corrected chi connectivity index (χ4v) is 1.70. The van der Waals surface area contributed by atoms with E-state index in [1.165, 1.54) is 0 Å². The van der Waals surface area contributed by atoms with Crippen molar-refractivity contribution in [3.05, 3.63) is 35.9 Å². The van der Waals surface area contributed by atoms with Gasteiger partial charge in [-0.3, -0.25) is 0 Å². The van der Waals surface area contributed by atoms with Crippen LogP contribution in [0.1, 0.15) is 5.56 Å². The van der Waals surface area contributed by atoms with E-state index in [0.29, 0.717) is 6.54 Å². The molecule has 0 saturated heterocycles. The molecule has 0 aliphatic heterocycles. The van der Waals surface area contributed by atoms with Gasteiger partial charge in [-0.15, -0.1) is 0 Å². The van der Waals surface area contributed by atoms with E-state index in [9.17, 15) is 5.11 Å². The smallest absolute Gasteiger partial charge is 0.128 e. The highest BCUT2D eigenvalue weighted by atomic mass is 16.5. The minimum atomic E-state index is 0.244. The molecule has 3 N–H and O–H groups in total. The van der Waals surface area contributed by atoms with Crippen LogP contribution in [0.5, 0.6) is 11.5 Å². The fourth-order valence-electron chi connectivity index (χ4n) is 1.70. The Kier molecular flexibility index (Phi) is 2.47. The fraction of sp³-hybridized carbons (Fsp3) is 0.167. The molecule has 2 aromatic rings. The third-order valence-corrected chi connectivity index (χ3v) is 2.52. The number of methoxy groups -OCH3 is 1. The SMILES string of the molecule is COc1cccc2c(O)c(CN)ccc12. The van der Waals surface area contributed by atoms with Gasteiger partial charge in [0.1, 0.15) is 11.5 Å². The van der Waals surface area contributed by atoms with Crippen molar-refractivity contribution >= 4 is 10.8 Å². The monoisotopic (exact) mass is 203 g/mol. The first kappa shape index (κ1) is 9.80. The van der Waals surface area contributed by atoms with Gasteiger partial charge in [0.15, 0.2) is 0 Å². The Bertz CT molecular complexity index is 494. The van der Waals surface area contributed by atoms with Gasteiger partial charge in [0.2, 0.25) is 0 Å². The second-order valence-corrected chi connectivity index (χ2v) is 3.33. The average Bonchev–Trinajstić information content (AvgIpc) is 2.29. The molecule has 2 rings (SSSR count). The number of rotatable bonds is 2. The molecule has 15 heavy (non-hydrogen) atoms. The van der Waals surface area contributed by atoms with Gasteiger partial charge in [-0.2, -0.15) is 0 Å². The van der Waals surface area contributed by atoms with Crippen molar-refractivity contribution < 1.29 is 9.84 Å². The third-order valence-electron chi connectivity index (χ3n) is 2.52. The van der Waals surface area contributed by atoms with Crippen LogP contribution in [0, 0.1) is 0 Å². The van der Waals surface area contributed by atoms with Crippen LogP contribution in [-0.4, -0.2) is 12.2 Å². The number of ether oxygens (including phenoxy) is 1. The van der Waals surface area contributed by atoms with E-state index >= 15 is 0 Å². The normalized spacial score (nSPS) is 10.5. The summed E-state index contributed by atoms with van der Waals surface area (Å²) in [5.74, 6) is 1.00. The highest BCUT2D eigenvalue weighted by Crippen LogP contribution is 2.33. The molecule has 0 bridgehead atoms. The van der Waals surface area contributed by atoms with E-state index in [0.717, 1.165) is 22.1 Å². The highest BCUT2D eigenvalue weighted by molar-refractivity contribution is 5.93. The Morgan fingerprint density at radius 1 is 1.20 bits per heavy atom. The van der Waals surface area contributed by atoms with Crippen LogP contribution in [0.2, 0.25) is 0 Å². The predicted octanol–water partition coefficient (Wildman–Crippen LogP) is 2.01. The van der Waals surface area contributed by atoms with Crippen molar-refractivity contribution in [3.8, 4) is 11.5 Å². The molecule has 0 aromatic heterocycles. The van der Waals surface area contributed by atoms with Crippen LogP contribution in [0.15, 0.2) is 30.3 Å². The number of aromatic hydroxyl groups is 1. The molecule has 0 heterocycles. The zero-order valence-corrected chi connectivity index (χ0v) is 8.53. The second-order valence-electron chi connectivity index (χ2n) is 3.33. The van der Waals surface area contributed by atoms with Crippen molar-refractivity contribution in [2.75, 3.05) is 7.11 Å². The van der Waals surface area contributed by atoms with Gasteiger partial charge in [0.05, 0.1) is 7.11 Å². The summed E-state index contributed by atoms with van der Waals surface area (Å²) in [6.07, 6.45) is 0. The Labute approximate surface area is 88.1 Å². The lowest BCUT2D eigenvalue weighted by molar-refractivity contribution is 0.419. The summed E-state index contributed by atoms with van der Waals surface area (Å²) in [6.45, 7) is 0.332. The summed E-state index contributed by atoms with van der Waals surface area (Å²) in [4.78, 5) is 0. The molecule has 0 aliphatic carbocycles. The molecule has 0 spiro atoms. The van der Waals surface area contributed by atoms with Crippen LogP contribution >= 0.6 is 0 Å². The van der Waals surface area contributed by atoms with E-state index in [2.05, 4.69) is 0 Å². The predicted molar refractivity (Wildman–Crippen MR) is 60.1 cm³/mol. The Balaban J connectivity index is 2.78. The van der Waals surface area contributed by atoms with Gasteiger partial charge in [-0.25, -0.2) is 0 Å². The van der Waals surface area contributed by atoms with Gasteiger partial charge >= 0.3 is 0 Å². The number of phenolic OH excluding ortho intramolecular Hbond substituents is 1. The van der Waals surface area contributed by atoms with Crippen LogP contribution < -0.4 is 10.5 Å². The molecule has 3 heteroatoms. The largest absolute Gasteiger partial charge is 0.507 e. The van der Waals surface area contributed by atoms with Crippen molar-refractivity contribution in [1.82, 2.24) is 0 Å². The molecule has 0 radical (unpaired) electrons. The van der Waals surface area contributed by atoms with Crippen molar-refractivity contribution in [3.63, 3.8) is 0 Å². The lowest BCUT2D eigenvalue weighted by atomic mass is 10.0. The maximum atomic E-state index is 9.93. The average molecular weight is 203 g/mol. The summed E-state index contributed by atoms with van der Waals surface area (Å²) < 4.78 is 5.21. The van der Waals surface area contributed by atoms with Crippen LogP contribution in [0.3, 0.4) is 0 Å². The second kappa shape index (κ2) is 3.79. The Hall–Kier alpha value is -1.74. The molecule has 0 amide bonds. The minimum Gasteiger partial charge on any atom is -0.507 e. The van der Waals surface area contributed by atoms with E-state index in [-0.39, 0.29) is 5.75 Å². The molecule has 0 aliphatic rings. The first-order chi connectivity index (χ1) is 7.27. The van der Waals surface area contributed by atoms with Crippen molar-refractivity contribution in [2.24, 2.45) is 5.73 Å². The molecule has 0 fully saturated rings. The molecule has 3 nitrogen and oxygen atoms in total. The third kappa shape index (κ3) is 1.51. The lowest BCUT2D eigenvalue weighted by Gasteiger charge is -2.09. The van der Waals surface area contributed by atoms with E-state index in [1.807, 2.05) is 30.3 Å². The topological polar surface area (TPSA) is 55.5 Å². The lowest BCUT2D eigenvalue weighted by Crippen LogP contribution is -1.97. The van der Waals surface area contributed by atoms with Gasteiger partial charge in [0.25, 0.3) is 0 Å². The first-order valence-electron chi connectivity index (χ1n) is 4.75. The summed E-state index contributed by atoms with van der Waals surface area (Å²) >= 11 is 0. The molecule has 0 unspecified atom stereocenters. The Morgan fingerprint density at radius 2 is 2.00 bits per heavy atom. The zero-order chi connectivity index (χ0) is 10.8. The number of phenols is 1. The van der Waals surface area contributed by atoms with E-state index in [1.54, 1.807) is 7.11 Å². The van der Waals surface area contributed by atoms with Gasteiger partial charge in [0, 0.05) is 22.9 Å². The quantitative estimate of drug-likeness (QED) is 0.785. The summed E-state index contributed by atoms with van der Waals surface area (Å²) in [5, 5.41) is 11.6. The summed E-state index contributed by atoms with van der Waals surface area (Å²) in [7, 11) is 1.61. The van der Waals surface area contributed by atoms with Gasteiger partial charge < -0.3 is 15.6 Å². The number of hydrogen-bond acceptors (Lipinski definition) is 3. The number of fused-ring (bicyclic) bond motifs is 1. The minimum absolute atomic E-state index is 0.244. The van der Waals surface area contributed by atoms with E-state index in [4.69, 9.17) is 10.5 Å². The maximum Gasteiger partial charge on any atom is 0.128 e. The summed E-state index contributed by atoms with van der Waals surface area (Å²) in [6, 6.07) is 9.30. The van der Waals surface area contributed by atoms with Gasteiger partial charge in [-0.05, 0) is 6.07 Å². The molecule has 78 valence electrons. The van der Waals surface area contributed by atoms with Crippen LogP contribution in [-0.2, 0) is 6.54 Å². The van der Waals surface area contributed by atoms with E-state index < -0.39 is 0 Å².